The van der Waals surface area contributed by atoms with Crippen LogP contribution >= 0.6 is 11.6 Å². The van der Waals surface area contributed by atoms with Crippen molar-refractivity contribution in [3.05, 3.63) is 58.9 Å². The molecule has 0 aliphatic carbocycles. The minimum absolute atomic E-state index is 0.257. The molecular formula is C27H33ClFNO4. The monoisotopic (exact) mass is 489 g/mol. The van der Waals surface area contributed by atoms with Crippen LogP contribution < -0.4 is 0 Å². The fraction of sp³-hybridized carbons (Fsp3) is 0.481. The van der Waals surface area contributed by atoms with Gasteiger partial charge < -0.3 is 9.47 Å². The lowest BCUT2D eigenvalue weighted by molar-refractivity contribution is -0.137. The Morgan fingerprint density at radius 2 is 1.88 bits per heavy atom. The normalized spacial score (nSPS) is 20.6. The van der Waals surface area contributed by atoms with Crippen molar-refractivity contribution in [2.24, 2.45) is 5.41 Å². The second-order valence-electron chi connectivity index (χ2n) is 10.1. The number of benzene rings is 2. The molecule has 1 heterocycles. The van der Waals surface area contributed by atoms with Crippen molar-refractivity contribution >= 4 is 23.6 Å². The Morgan fingerprint density at radius 1 is 1.21 bits per heavy atom. The second kappa shape index (κ2) is 10.4. The van der Waals surface area contributed by atoms with Gasteiger partial charge in [0.05, 0.1) is 12.0 Å². The van der Waals surface area contributed by atoms with E-state index in [0.717, 1.165) is 11.1 Å². The predicted molar refractivity (Wildman–Crippen MR) is 131 cm³/mol. The summed E-state index contributed by atoms with van der Waals surface area (Å²) < 4.78 is 25.3. The molecule has 184 valence electrons. The van der Waals surface area contributed by atoms with Crippen LogP contribution in [0.3, 0.4) is 0 Å². The van der Waals surface area contributed by atoms with E-state index >= 15 is 0 Å². The van der Waals surface area contributed by atoms with E-state index < -0.39 is 17.1 Å². The van der Waals surface area contributed by atoms with Gasteiger partial charge in [-0.15, -0.1) is 0 Å². The van der Waals surface area contributed by atoms with E-state index in [9.17, 15) is 14.0 Å². The molecule has 1 aliphatic heterocycles. The molecule has 2 aromatic carbocycles. The SMILES string of the molecule is CCOC[C@]1(C)C[C@@H](CCc2ccc(-c3cc(Cl)ccc3F)cc2)N(C(=O)OC(C)(C)C)C1=O. The Bertz CT molecular complexity index is 1030. The molecule has 2 amide bonds. The number of imide groups is 1. The van der Waals surface area contributed by atoms with E-state index in [0.29, 0.717) is 36.5 Å². The highest BCUT2D eigenvalue weighted by molar-refractivity contribution is 6.30. The lowest BCUT2D eigenvalue weighted by Crippen LogP contribution is -2.44. The zero-order chi connectivity index (χ0) is 25.1. The number of aryl methyl sites for hydroxylation is 1. The van der Waals surface area contributed by atoms with E-state index in [1.54, 1.807) is 26.8 Å². The van der Waals surface area contributed by atoms with Crippen molar-refractivity contribution < 1.29 is 23.5 Å². The number of halogens is 2. The van der Waals surface area contributed by atoms with Crippen LogP contribution in [0.5, 0.6) is 0 Å². The number of hydrogen-bond donors (Lipinski definition) is 0. The highest BCUT2D eigenvalue weighted by Crippen LogP contribution is 2.39. The van der Waals surface area contributed by atoms with Crippen molar-refractivity contribution in [2.75, 3.05) is 13.2 Å². The van der Waals surface area contributed by atoms with Crippen molar-refractivity contribution in [1.29, 1.82) is 0 Å². The molecule has 0 aromatic heterocycles. The van der Waals surface area contributed by atoms with Crippen LogP contribution in [0.4, 0.5) is 9.18 Å². The Morgan fingerprint density at radius 3 is 2.50 bits per heavy atom. The molecule has 34 heavy (non-hydrogen) atoms. The topological polar surface area (TPSA) is 55.8 Å². The third-order valence-electron chi connectivity index (χ3n) is 5.96. The second-order valence-corrected chi connectivity index (χ2v) is 10.5. The number of ether oxygens (including phenoxy) is 2. The zero-order valence-electron chi connectivity index (χ0n) is 20.5. The molecule has 7 heteroatoms. The van der Waals surface area contributed by atoms with Crippen molar-refractivity contribution in [2.45, 2.75) is 65.5 Å². The molecule has 1 fully saturated rings. The molecule has 1 aliphatic rings. The van der Waals surface area contributed by atoms with Crippen LogP contribution in [0, 0.1) is 11.2 Å². The van der Waals surface area contributed by atoms with E-state index in [1.807, 2.05) is 38.1 Å². The van der Waals surface area contributed by atoms with Gasteiger partial charge >= 0.3 is 6.09 Å². The Labute approximate surface area is 206 Å². The predicted octanol–water partition coefficient (Wildman–Crippen LogP) is 6.66. The van der Waals surface area contributed by atoms with Gasteiger partial charge in [0.1, 0.15) is 11.4 Å². The molecule has 0 N–H and O–H groups in total. The average Bonchev–Trinajstić information content (AvgIpc) is 3.02. The van der Waals surface area contributed by atoms with Crippen molar-refractivity contribution in [3.63, 3.8) is 0 Å². The number of rotatable bonds is 7. The highest BCUT2D eigenvalue weighted by Gasteiger charge is 2.52. The van der Waals surface area contributed by atoms with Gasteiger partial charge in [-0.25, -0.2) is 14.1 Å². The Hall–Kier alpha value is -2.44. The van der Waals surface area contributed by atoms with E-state index in [2.05, 4.69) is 0 Å². The van der Waals surface area contributed by atoms with Gasteiger partial charge in [-0.3, -0.25) is 4.79 Å². The molecule has 2 atom stereocenters. The number of likely N-dealkylation sites (tertiary alicyclic amines) is 1. The summed E-state index contributed by atoms with van der Waals surface area (Å²) in [5.74, 6) is -0.588. The largest absolute Gasteiger partial charge is 0.443 e. The van der Waals surface area contributed by atoms with Crippen LogP contribution in [0.1, 0.15) is 53.0 Å². The van der Waals surface area contributed by atoms with Crippen LogP contribution in [0.15, 0.2) is 42.5 Å². The quantitative estimate of drug-likeness (QED) is 0.436. The van der Waals surface area contributed by atoms with Crippen LogP contribution in [-0.4, -0.2) is 41.8 Å². The zero-order valence-corrected chi connectivity index (χ0v) is 21.2. The summed E-state index contributed by atoms with van der Waals surface area (Å²) in [4.78, 5) is 27.4. The smallest absolute Gasteiger partial charge is 0.417 e. The standard InChI is InChI=1S/C27H33ClFNO4/c1-6-33-17-27(5)16-21(30(24(27)31)25(32)34-26(2,3)4)13-9-18-7-10-19(11-8-18)22-15-20(28)12-14-23(22)29/h7-8,10-12,14-15,21H,6,9,13,16-17H2,1-5H3/t21-,27+/m1/s1. The molecule has 0 spiro atoms. The molecule has 1 saturated heterocycles. The lowest BCUT2D eigenvalue weighted by Gasteiger charge is -2.27. The minimum Gasteiger partial charge on any atom is -0.443 e. The van der Waals surface area contributed by atoms with Gasteiger partial charge in [0.15, 0.2) is 0 Å². The Kier molecular flexibility index (Phi) is 8.04. The first kappa shape index (κ1) is 26.2. The van der Waals surface area contributed by atoms with Crippen molar-refractivity contribution in [3.8, 4) is 11.1 Å². The molecule has 0 radical (unpaired) electrons. The number of hydrogen-bond acceptors (Lipinski definition) is 4. The summed E-state index contributed by atoms with van der Waals surface area (Å²) in [5.41, 5.74) is 0.738. The third kappa shape index (κ3) is 6.16. The van der Waals surface area contributed by atoms with Crippen LogP contribution in [-0.2, 0) is 20.7 Å². The number of carbonyl (C=O) groups is 2. The first-order valence-corrected chi connectivity index (χ1v) is 12.0. The summed E-state index contributed by atoms with van der Waals surface area (Å²) >= 11 is 6.02. The van der Waals surface area contributed by atoms with E-state index in [4.69, 9.17) is 21.1 Å². The molecule has 3 rings (SSSR count). The van der Waals surface area contributed by atoms with Gasteiger partial charge in [0.2, 0.25) is 5.91 Å². The van der Waals surface area contributed by atoms with E-state index in [1.165, 1.54) is 17.0 Å². The average molecular weight is 490 g/mol. The number of nitrogens with zero attached hydrogens (tertiary/aromatic N) is 1. The maximum absolute atomic E-state index is 14.2. The summed E-state index contributed by atoms with van der Waals surface area (Å²) in [6.07, 6.45) is 1.14. The van der Waals surface area contributed by atoms with Crippen LogP contribution in [0.25, 0.3) is 11.1 Å². The number of carbonyl (C=O) groups excluding carboxylic acids is 2. The van der Waals surface area contributed by atoms with Gasteiger partial charge in [-0.2, -0.15) is 0 Å². The summed E-state index contributed by atoms with van der Waals surface area (Å²) in [5, 5.41) is 0.476. The van der Waals surface area contributed by atoms with Gasteiger partial charge in [-0.05, 0) is 83.2 Å². The van der Waals surface area contributed by atoms with E-state index in [-0.39, 0.29) is 24.4 Å². The molecular weight excluding hydrogens is 457 g/mol. The molecule has 0 bridgehead atoms. The Balaban J connectivity index is 1.75. The lowest BCUT2D eigenvalue weighted by atomic mass is 9.87. The molecule has 0 saturated carbocycles. The summed E-state index contributed by atoms with van der Waals surface area (Å²) in [7, 11) is 0. The van der Waals surface area contributed by atoms with Gasteiger partial charge in [0.25, 0.3) is 0 Å². The summed E-state index contributed by atoms with van der Waals surface area (Å²) in [6, 6.07) is 11.8. The van der Waals surface area contributed by atoms with Crippen molar-refractivity contribution in [1.82, 2.24) is 4.90 Å². The maximum Gasteiger partial charge on any atom is 0.417 e. The molecule has 2 aromatic rings. The van der Waals surface area contributed by atoms with Crippen LogP contribution in [0.2, 0.25) is 5.02 Å². The number of amides is 2. The fourth-order valence-corrected chi connectivity index (χ4v) is 4.45. The third-order valence-corrected chi connectivity index (χ3v) is 6.20. The highest BCUT2D eigenvalue weighted by atomic mass is 35.5. The first-order chi connectivity index (χ1) is 15.9. The summed E-state index contributed by atoms with van der Waals surface area (Å²) in [6.45, 7) is 9.83. The van der Waals surface area contributed by atoms with Gasteiger partial charge in [-0.1, -0.05) is 35.9 Å². The first-order valence-electron chi connectivity index (χ1n) is 11.6. The van der Waals surface area contributed by atoms with Gasteiger partial charge in [0, 0.05) is 23.2 Å². The molecule has 0 unspecified atom stereocenters. The molecule has 5 nitrogen and oxygen atoms in total. The minimum atomic E-state index is -0.772. The fourth-order valence-electron chi connectivity index (χ4n) is 4.28. The maximum atomic E-state index is 14.2.